The van der Waals surface area contributed by atoms with Gasteiger partial charge in [0, 0.05) is 5.56 Å². The summed E-state index contributed by atoms with van der Waals surface area (Å²) in [7, 11) is 1.60. The van der Waals surface area contributed by atoms with Crippen LogP contribution in [0.1, 0.15) is 22.8 Å². The molecular weight excluding hydrogens is 288 g/mol. The van der Waals surface area contributed by atoms with Crippen molar-refractivity contribution in [1.82, 2.24) is 0 Å². The van der Waals surface area contributed by atoms with E-state index in [2.05, 4.69) is 13.2 Å². The highest BCUT2D eigenvalue weighted by molar-refractivity contribution is 5.53. The van der Waals surface area contributed by atoms with Gasteiger partial charge in [0.1, 0.15) is 6.61 Å². The zero-order chi connectivity index (χ0) is 16.7. The van der Waals surface area contributed by atoms with E-state index in [-0.39, 0.29) is 0 Å². The lowest BCUT2D eigenvalue weighted by Gasteiger charge is -2.19. The smallest absolute Gasteiger partial charge is 0.165 e. The standard InChI is InChI=1S/C20H22O3/c1-4-9-17-16(18(21)5-2)12-13-19(22-3)20(17)23-14-15-10-7-6-8-11-15/h4-8,10-13,18,21H,1-2,9,14H2,3H3. The maximum absolute atomic E-state index is 10.2. The van der Waals surface area contributed by atoms with Crippen LogP contribution in [-0.4, -0.2) is 12.2 Å². The Balaban J connectivity index is 2.40. The molecule has 120 valence electrons. The molecule has 1 atom stereocenters. The summed E-state index contributed by atoms with van der Waals surface area (Å²) in [6.07, 6.45) is 3.09. The first-order valence-electron chi connectivity index (χ1n) is 7.49. The van der Waals surface area contributed by atoms with Crippen molar-refractivity contribution in [3.8, 4) is 11.5 Å². The van der Waals surface area contributed by atoms with Gasteiger partial charge in [0.05, 0.1) is 13.2 Å². The Morgan fingerprint density at radius 2 is 1.87 bits per heavy atom. The molecule has 2 aromatic carbocycles. The molecule has 2 aromatic rings. The molecule has 3 nitrogen and oxygen atoms in total. The molecule has 0 aliphatic carbocycles. The van der Waals surface area contributed by atoms with E-state index in [0.29, 0.717) is 24.5 Å². The monoisotopic (exact) mass is 310 g/mol. The molecule has 0 bridgehead atoms. The van der Waals surface area contributed by atoms with Gasteiger partial charge in [-0.3, -0.25) is 0 Å². The average Bonchev–Trinajstić information content (AvgIpc) is 2.60. The van der Waals surface area contributed by atoms with Crippen LogP contribution in [-0.2, 0) is 13.0 Å². The Morgan fingerprint density at radius 1 is 1.13 bits per heavy atom. The largest absolute Gasteiger partial charge is 0.493 e. The van der Waals surface area contributed by atoms with Crippen LogP contribution in [0.5, 0.6) is 11.5 Å². The van der Waals surface area contributed by atoms with Gasteiger partial charge < -0.3 is 14.6 Å². The molecular formula is C20H22O3. The van der Waals surface area contributed by atoms with E-state index in [1.54, 1.807) is 19.3 Å². The van der Waals surface area contributed by atoms with Gasteiger partial charge >= 0.3 is 0 Å². The third-order valence-corrected chi connectivity index (χ3v) is 3.60. The van der Waals surface area contributed by atoms with Gasteiger partial charge in [-0.2, -0.15) is 0 Å². The first kappa shape index (κ1) is 16.8. The Hall–Kier alpha value is -2.52. The van der Waals surface area contributed by atoms with Crippen LogP contribution in [0, 0.1) is 0 Å². The fraction of sp³-hybridized carbons (Fsp3) is 0.200. The van der Waals surface area contributed by atoms with Crippen molar-refractivity contribution < 1.29 is 14.6 Å². The van der Waals surface area contributed by atoms with Crippen molar-refractivity contribution in [2.75, 3.05) is 7.11 Å². The Kier molecular flexibility index (Phi) is 6.01. The summed E-state index contributed by atoms with van der Waals surface area (Å²) in [6.45, 7) is 7.88. The number of methoxy groups -OCH3 is 1. The van der Waals surface area contributed by atoms with E-state index in [1.807, 2.05) is 36.4 Å². The number of allylic oxidation sites excluding steroid dienone is 1. The van der Waals surface area contributed by atoms with Gasteiger partial charge in [-0.15, -0.1) is 13.2 Å². The van der Waals surface area contributed by atoms with E-state index >= 15 is 0 Å². The number of aliphatic hydroxyl groups excluding tert-OH is 1. The minimum atomic E-state index is -0.755. The van der Waals surface area contributed by atoms with Gasteiger partial charge in [0.25, 0.3) is 0 Å². The van der Waals surface area contributed by atoms with Gasteiger partial charge in [-0.05, 0) is 23.6 Å². The Labute approximate surface area is 137 Å². The second kappa shape index (κ2) is 8.20. The first-order chi connectivity index (χ1) is 11.2. The summed E-state index contributed by atoms with van der Waals surface area (Å²) in [4.78, 5) is 0. The lowest BCUT2D eigenvalue weighted by Crippen LogP contribution is -2.06. The normalized spacial score (nSPS) is 11.6. The van der Waals surface area contributed by atoms with Crippen molar-refractivity contribution in [3.63, 3.8) is 0 Å². The molecule has 23 heavy (non-hydrogen) atoms. The van der Waals surface area contributed by atoms with Gasteiger partial charge in [-0.1, -0.05) is 48.6 Å². The molecule has 0 amide bonds. The van der Waals surface area contributed by atoms with E-state index < -0.39 is 6.10 Å². The number of hydrogen-bond donors (Lipinski definition) is 1. The van der Waals surface area contributed by atoms with E-state index in [1.165, 1.54) is 6.08 Å². The fourth-order valence-corrected chi connectivity index (χ4v) is 2.43. The minimum absolute atomic E-state index is 0.426. The molecule has 0 aromatic heterocycles. The van der Waals surface area contributed by atoms with Crippen LogP contribution in [0.3, 0.4) is 0 Å². The number of ether oxygens (including phenoxy) is 2. The van der Waals surface area contributed by atoms with Crippen molar-refractivity contribution in [1.29, 1.82) is 0 Å². The predicted octanol–water partition coefficient (Wildman–Crippen LogP) is 4.22. The Morgan fingerprint density at radius 3 is 2.48 bits per heavy atom. The highest BCUT2D eigenvalue weighted by Crippen LogP contribution is 2.37. The third kappa shape index (κ3) is 4.02. The van der Waals surface area contributed by atoms with Crippen molar-refractivity contribution in [2.45, 2.75) is 19.1 Å². The molecule has 0 spiro atoms. The molecule has 0 radical (unpaired) electrons. The lowest BCUT2D eigenvalue weighted by atomic mass is 9.98. The highest BCUT2D eigenvalue weighted by Gasteiger charge is 2.18. The molecule has 1 N–H and O–H groups in total. The van der Waals surface area contributed by atoms with Crippen LogP contribution in [0.2, 0.25) is 0 Å². The van der Waals surface area contributed by atoms with E-state index in [9.17, 15) is 5.11 Å². The number of benzene rings is 2. The van der Waals surface area contributed by atoms with Crippen molar-refractivity contribution >= 4 is 0 Å². The van der Waals surface area contributed by atoms with E-state index in [0.717, 1.165) is 16.7 Å². The third-order valence-electron chi connectivity index (χ3n) is 3.60. The molecule has 3 heteroatoms. The molecule has 0 aliphatic rings. The SMILES string of the molecule is C=CCc1c(C(O)C=C)ccc(OC)c1OCc1ccccc1. The van der Waals surface area contributed by atoms with Crippen LogP contribution in [0.15, 0.2) is 67.8 Å². The molecule has 0 aliphatic heterocycles. The molecule has 0 saturated heterocycles. The fourth-order valence-electron chi connectivity index (χ4n) is 2.43. The van der Waals surface area contributed by atoms with Crippen LogP contribution in [0.4, 0.5) is 0 Å². The molecule has 0 heterocycles. The van der Waals surface area contributed by atoms with Crippen molar-refractivity contribution in [3.05, 3.63) is 84.5 Å². The second-order valence-electron chi connectivity index (χ2n) is 5.11. The topological polar surface area (TPSA) is 38.7 Å². The molecule has 2 rings (SSSR count). The van der Waals surface area contributed by atoms with E-state index in [4.69, 9.17) is 9.47 Å². The number of rotatable bonds is 8. The number of aliphatic hydroxyl groups is 1. The average molecular weight is 310 g/mol. The van der Waals surface area contributed by atoms with Crippen LogP contribution >= 0.6 is 0 Å². The van der Waals surface area contributed by atoms with Crippen LogP contribution in [0.25, 0.3) is 0 Å². The van der Waals surface area contributed by atoms with Gasteiger partial charge in [-0.25, -0.2) is 0 Å². The summed E-state index contributed by atoms with van der Waals surface area (Å²) >= 11 is 0. The molecule has 0 saturated carbocycles. The van der Waals surface area contributed by atoms with Crippen molar-refractivity contribution in [2.24, 2.45) is 0 Å². The van der Waals surface area contributed by atoms with Gasteiger partial charge in [0.2, 0.25) is 0 Å². The summed E-state index contributed by atoms with van der Waals surface area (Å²) in [5, 5.41) is 10.2. The predicted molar refractivity (Wildman–Crippen MR) is 92.8 cm³/mol. The zero-order valence-electron chi connectivity index (χ0n) is 13.4. The Bertz CT molecular complexity index is 662. The molecule has 1 unspecified atom stereocenters. The highest BCUT2D eigenvalue weighted by atomic mass is 16.5. The van der Waals surface area contributed by atoms with Gasteiger partial charge in [0.15, 0.2) is 11.5 Å². The quantitative estimate of drug-likeness (QED) is 0.742. The number of hydrogen-bond acceptors (Lipinski definition) is 3. The summed E-state index contributed by atoms with van der Waals surface area (Å²) in [5.41, 5.74) is 2.68. The lowest BCUT2D eigenvalue weighted by molar-refractivity contribution is 0.225. The summed E-state index contributed by atoms with van der Waals surface area (Å²) in [6, 6.07) is 13.5. The zero-order valence-corrected chi connectivity index (χ0v) is 13.4. The maximum atomic E-state index is 10.2. The minimum Gasteiger partial charge on any atom is -0.493 e. The summed E-state index contributed by atoms with van der Waals surface area (Å²) in [5.74, 6) is 1.27. The maximum Gasteiger partial charge on any atom is 0.165 e. The van der Waals surface area contributed by atoms with Crippen LogP contribution < -0.4 is 9.47 Å². The molecule has 0 fully saturated rings. The summed E-state index contributed by atoms with van der Waals surface area (Å²) < 4.78 is 11.4. The first-order valence-corrected chi connectivity index (χ1v) is 7.49. The second-order valence-corrected chi connectivity index (χ2v) is 5.11.